The molecule has 0 saturated heterocycles. The lowest BCUT2D eigenvalue weighted by Gasteiger charge is -2.15. The normalized spacial score (nSPS) is 9.72. The maximum absolute atomic E-state index is 12.1. The molecule has 1 aromatic rings. The first-order valence-electron chi connectivity index (χ1n) is 6.22. The molecule has 1 heterocycles. The minimum absolute atomic E-state index is 0.0724. The largest absolute Gasteiger partial charge is 0.342 e. The van der Waals surface area contributed by atoms with E-state index in [0.717, 1.165) is 29.8 Å². The lowest BCUT2D eigenvalue weighted by molar-refractivity contribution is 0.0793. The van der Waals surface area contributed by atoms with Crippen LogP contribution in [0, 0.1) is 11.8 Å². The zero-order valence-electron chi connectivity index (χ0n) is 11.0. The highest BCUT2D eigenvalue weighted by Gasteiger charge is 2.12. The van der Waals surface area contributed by atoms with Gasteiger partial charge < -0.3 is 10.6 Å². The van der Waals surface area contributed by atoms with Crippen LogP contribution in [0.4, 0.5) is 0 Å². The van der Waals surface area contributed by atoms with Crippen molar-refractivity contribution in [3.63, 3.8) is 0 Å². The van der Waals surface area contributed by atoms with Gasteiger partial charge in [0, 0.05) is 19.0 Å². The fraction of sp³-hybridized carbons (Fsp3) is 0.500. The van der Waals surface area contributed by atoms with Crippen LogP contribution in [0.1, 0.15) is 41.4 Å². The van der Waals surface area contributed by atoms with Gasteiger partial charge in [0.15, 0.2) is 0 Å². The Kier molecular flexibility index (Phi) is 6.48. The summed E-state index contributed by atoms with van der Waals surface area (Å²) < 4.78 is 0. The zero-order valence-corrected chi connectivity index (χ0v) is 11.8. The van der Waals surface area contributed by atoms with Gasteiger partial charge in [0.05, 0.1) is 17.0 Å². The molecule has 18 heavy (non-hydrogen) atoms. The lowest BCUT2D eigenvalue weighted by Crippen LogP contribution is -2.27. The van der Waals surface area contributed by atoms with E-state index in [9.17, 15) is 4.79 Å². The van der Waals surface area contributed by atoms with Crippen LogP contribution in [-0.4, -0.2) is 30.9 Å². The summed E-state index contributed by atoms with van der Waals surface area (Å²) in [7, 11) is 1.85. The molecule has 3 nitrogen and oxygen atoms in total. The highest BCUT2D eigenvalue weighted by atomic mass is 32.1. The van der Waals surface area contributed by atoms with Crippen LogP contribution >= 0.6 is 11.3 Å². The Balaban J connectivity index is 2.57. The summed E-state index contributed by atoms with van der Waals surface area (Å²) in [5, 5.41) is 1.86. The number of amides is 1. The molecular formula is C14H20N2OS. The summed E-state index contributed by atoms with van der Waals surface area (Å²) in [6.45, 7) is 3.31. The van der Waals surface area contributed by atoms with Crippen LogP contribution in [0.3, 0.4) is 0 Å². The molecule has 2 N–H and O–H groups in total. The molecule has 0 atom stereocenters. The van der Waals surface area contributed by atoms with E-state index < -0.39 is 0 Å². The minimum atomic E-state index is 0.0724. The Hall–Kier alpha value is -1.31. The van der Waals surface area contributed by atoms with E-state index in [2.05, 4.69) is 18.8 Å². The first kappa shape index (κ1) is 14.7. The third kappa shape index (κ3) is 4.52. The maximum Gasteiger partial charge on any atom is 0.254 e. The van der Waals surface area contributed by atoms with Gasteiger partial charge in [0.1, 0.15) is 0 Å². The third-order valence-corrected chi connectivity index (χ3v) is 3.45. The molecule has 1 amide bonds. The fourth-order valence-corrected chi connectivity index (χ4v) is 2.32. The minimum Gasteiger partial charge on any atom is -0.342 e. The molecular weight excluding hydrogens is 244 g/mol. The molecule has 1 aromatic heterocycles. The number of rotatable bonds is 5. The van der Waals surface area contributed by atoms with E-state index in [0.29, 0.717) is 6.54 Å². The predicted molar refractivity (Wildman–Crippen MR) is 76.7 cm³/mol. The van der Waals surface area contributed by atoms with E-state index in [1.807, 2.05) is 18.5 Å². The topological polar surface area (TPSA) is 46.3 Å². The smallest absolute Gasteiger partial charge is 0.254 e. The number of carbonyl (C=O) groups is 1. The summed E-state index contributed by atoms with van der Waals surface area (Å²) >= 11 is 1.49. The Morgan fingerprint density at radius 3 is 2.94 bits per heavy atom. The van der Waals surface area contributed by atoms with Crippen LogP contribution in [0.2, 0.25) is 0 Å². The van der Waals surface area contributed by atoms with Crippen LogP contribution < -0.4 is 5.73 Å². The average molecular weight is 264 g/mol. The van der Waals surface area contributed by atoms with Crippen molar-refractivity contribution >= 4 is 17.2 Å². The summed E-state index contributed by atoms with van der Waals surface area (Å²) in [5.41, 5.74) is 6.04. The molecule has 0 aliphatic heterocycles. The maximum atomic E-state index is 12.1. The summed E-state index contributed by atoms with van der Waals surface area (Å²) in [5.74, 6) is 5.81. The van der Waals surface area contributed by atoms with Crippen molar-refractivity contribution < 1.29 is 4.79 Å². The van der Waals surface area contributed by atoms with Gasteiger partial charge in [0.25, 0.3) is 5.91 Å². The molecule has 0 spiro atoms. The Labute approximate surface area is 113 Å². The summed E-state index contributed by atoms with van der Waals surface area (Å²) in [6, 6.07) is 1.84. The van der Waals surface area contributed by atoms with Gasteiger partial charge in [0.2, 0.25) is 0 Å². The number of unbranched alkanes of at least 4 members (excludes halogenated alkanes) is 2. The Bertz CT molecular complexity index is 442. The van der Waals surface area contributed by atoms with E-state index in [1.165, 1.54) is 17.8 Å². The quantitative estimate of drug-likeness (QED) is 0.655. The molecule has 98 valence electrons. The summed E-state index contributed by atoms with van der Waals surface area (Å²) in [6.07, 6.45) is 3.39. The molecule has 0 aliphatic rings. The summed E-state index contributed by atoms with van der Waals surface area (Å²) in [4.78, 5) is 14.8. The fourth-order valence-electron chi connectivity index (χ4n) is 1.57. The lowest BCUT2D eigenvalue weighted by atomic mass is 10.2. The van der Waals surface area contributed by atoms with Gasteiger partial charge in [-0.15, -0.1) is 11.3 Å². The van der Waals surface area contributed by atoms with Gasteiger partial charge in [-0.05, 0) is 12.5 Å². The van der Waals surface area contributed by atoms with E-state index >= 15 is 0 Å². The predicted octanol–water partition coefficient (Wildman–Crippen LogP) is 2.32. The number of nitrogens with two attached hydrogens (primary N) is 1. The molecule has 0 aromatic carbocycles. The second kappa shape index (κ2) is 7.91. The Morgan fingerprint density at radius 1 is 1.50 bits per heavy atom. The molecule has 0 unspecified atom stereocenters. The van der Waals surface area contributed by atoms with Crippen LogP contribution in [-0.2, 0) is 0 Å². The monoisotopic (exact) mass is 264 g/mol. The van der Waals surface area contributed by atoms with Crippen molar-refractivity contribution in [1.82, 2.24) is 4.90 Å². The standard InChI is InChI=1S/C14H20N2OS/c1-3-4-5-9-16(2)14(17)12-10-13(18-11-12)7-6-8-15/h10-11H,3-5,8-9,15H2,1-2H3. The van der Waals surface area contributed by atoms with E-state index in [4.69, 9.17) is 5.73 Å². The number of thiophene rings is 1. The van der Waals surface area contributed by atoms with Crippen LogP contribution in [0.15, 0.2) is 11.4 Å². The van der Waals surface area contributed by atoms with Crippen molar-refractivity contribution in [2.45, 2.75) is 26.2 Å². The van der Waals surface area contributed by atoms with E-state index in [-0.39, 0.29) is 5.91 Å². The Morgan fingerprint density at radius 2 is 2.28 bits per heavy atom. The number of nitrogens with zero attached hydrogens (tertiary/aromatic N) is 1. The van der Waals surface area contributed by atoms with Gasteiger partial charge >= 0.3 is 0 Å². The molecule has 0 fully saturated rings. The van der Waals surface area contributed by atoms with Crippen molar-refractivity contribution in [3.05, 3.63) is 21.9 Å². The average Bonchev–Trinajstić information content (AvgIpc) is 2.84. The highest BCUT2D eigenvalue weighted by Crippen LogP contribution is 2.15. The zero-order chi connectivity index (χ0) is 13.4. The first-order valence-corrected chi connectivity index (χ1v) is 7.10. The molecule has 4 heteroatoms. The highest BCUT2D eigenvalue weighted by molar-refractivity contribution is 7.10. The second-order valence-electron chi connectivity index (χ2n) is 4.14. The van der Waals surface area contributed by atoms with Crippen molar-refractivity contribution in [2.75, 3.05) is 20.1 Å². The molecule has 0 saturated carbocycles. The SMILES string of the molecule is CCCCCN(C)C(=O)c1csc(C#CCN)c1. The third-order valence-electron chi connectivity index (χ3n) is 2.60. The van der Waals surface area contributed by atoms with Crippen LogP contribution in [0.5, 0.6) is 0 Å². The van der Waals surface area contributed by atoms with Gasteiger partial charge in [-0.1, -0.05) is 31.6 Å². The molecule has 0 radical (unpaired) electrons. The van der Waals surface area contributed by atoms with Crippen molar-refractivity contribution in [3.8, 4) is 11.8 Å². The van der Waals surface area contributed by atoms with Crippen molar-refractivity contribution in [2.24, 2.45) is 5.73 Å². The number of hydrogen-bond donors (Lipinski definition) is 1. The molecule has 0 aliphatic carbocycles. The van der Waals surface area contributed by atoms with Gasteiger partial charge in [-0.25, -0.2) is 0 Å². The second-order valence-corrected chi connectivity index (χ2v) is 5.05. The molecule has 0 bridgehead atoms. The number of hydrogen-bond acceptors (Lipinski definition) is 3. The van der Waals surface area contributed by atoms with Crippen LogP contribution in [0.25, 0.3) is 0 Å². The van der Waals surface area contributed by atoms with Gasteiger partial charge in [-0.3, -0.25) is 4.79 Å². The van der Waals surface area contributed by atoms with E-state index in [1.54, 1.807) is 4.90 Å². The molecule has 1 rings (SSSR count). The van der Waals surface area contributed by atoms with Crippen molar-refractivity contribution in [1.29, 1.82) is 0 Å². The first-order chi connectivity index (χ1) is 8.69. The number of carbonyl (C=O) groups excluding carboxylic acids is 1. The van der Waals surface area contributed by atoms with Gasteiger partial charge in [-0.2, -0.15) is 0 Å².